The molecule has 3 rings (SSSR count). The number of nitrogens with one attached hydrogen (secondary N) is 1. The summed E-state index contributed by atoms with van der Waals surface area (Å²) in [6.07, 6.45) is 1.90. The van der Waals surface area contributed by atoms with Crippen molar-refractivity contribution in [2.45, 2.75) is 18.5 Å². The number of nitrogens with two attached hydrogens (primary N) is 1. The summed E-state index contributed by atoms with van der Waals surface area (Å²) in [6, 6.07) is 18.8. The summed E-state index contributed by atoms with van der Waals surface area (Å²) in [5.41, 5.74) is 7.92. The van der Waals surface area contributed by atoms with E-state index in [1.54, 1.807) is 0 Å². The average molecular weight is 351 g/mol. The third-order valence-electron chi connectivity index (χ3n) is 4.06. The van der Waals surface area contributed by atoms with E-state index >= 15 is 0 Å². The van der Waals surface area contributed by atoms with E-state index in [0.29, 0.717) is 6.42 Å². The molecule has 1 aromatic heterocycles. The van der Waals surface area contributed by atoms with Crippen LogP contribution in [0.2, 0.25) is 0 Å². The van der Waals surface area contributed by atoms with Crippen molar-refractivity contribution in [1.82, 2.24) is 10.3 Å². The average Bonchev–Trinajstić information content (AvgIpc) is 3.19. The second-order valence-electron chi connectivity index (χ2n) is 5.99. The Balaban J connectivity index is 1.79. The number of aliphatic hydroxyl groups excluding tert-OH is 1. The van der Waals surface area contributed by atoms with Gasteiger partial charge in [0.15, 0.2) is 5.69 Å². The Morgan fingerprint density at radius 1 is 1.12 bits per heavy atom. The number of benzene rings is 2. The standard InChI is InChI=1S/C20H21N3O3/c21-16(12-24)20-23-18(13-26-20)19(25)22-17(15-9-5-2-6-10-15)11-14-7-3-1-4-8-14/h1-10,13,16-17,24H,11-12,21H2,(H,22,25). The summed E-state index contributed by atoms with van der Waals surface area (Å²) in [4.78, 5) is 16.7. The molecule has 0 fully saturated rings. The Labute approximate surface area is 151 Å². The summed E-state index contributed by atoms with van der Waals surface area (Å²) >= 11 is 0. The maximum atomic E-state index is 12.6. The van der Waals surface area contributed by atoms with E-state index in [0.717, 1.165) is 11.1 Å². The summed E-state index contributed by atoms with van der Waals surface area (Å²) in [5, 5.41) is 12.1. The van der Waals surface area contributed by atoms with Crippen LogP contribution in [0.1, 0.15) is 39.6 Å². The number of carbonyl (C=O) groups excluding carboxylic acids is 1. The predicted molar refractivity (Wildman–Crippen MR) is 97.3 cm³/mol. The Morgan fingerprint density at radius 3 is 2.42 bits per heavy atom. The van der Waals surface area contributed by atoms with E-state index in [1.165, 1.54) is 6.26 Å². The summed E-state index contributed by atoms with van der Waals surface area (Å²) in [6.45, 7) is -0.303. The molecule has 0 saturated carbocycles. The molecule has 0 aliphatic rings. The van der Waals surface area contributed by atoms with Crippen molar-refractivity contribution in [2.75, 3.05) is 6.61 Å². The Bertz CT molecular complexity index is 834. The fraction of sp³-hybridized carbons (Fsp3) is 0.200. The van der Waals surface area contributed by atoms with Gasteiger partial charge in [-0.15, -0.1) is 0 Å². The molecule has 3 aromatic rings. The molecule has 2 unspecified atom stereocenters. The molecule has 0 radical (unpaired) electrons. The molecular formula is C20H21N3O3. The first-order valence-corrected chi connectivity index (χ1v) is 8.39. The van der Waals surface area contributed by atoms with Crippen molar-refractivity contribution in [3.63, 3.8) is 0 Å². The summed E-state index contributed by atoms with van der Waals surface area (Å²) in [7, 11) is 0. The Hall–Kier alpha value is -2.96. The highest BCUT2D eigenvalue weighted by atomic mass is 16.3. The summed E-state index contributed by atoms with van der Waals surface area (Å²) in [5.74, 6) is -0.216. The highest BCUT2D eigenvalue weighted by molar-refractivity contribution is 5.92. The first-order chi connectivity index (χ1) is 12.7. The highest BCUT2D eigenvalue weighted by Gasteiger charge is 2.20. The van der Waals surface area contributed by atoms with Crippen molar-refractivity contribution in [3.05, 3.63) is 89.6 Å². The minimum Gasteiger partial charge on any atom is -0.446 e. The SMILES string of the molecule is NC(CO)c1nc(C(=O)NC(Cc2ccccc2)c2ccccc2)co1. The second kappa shape index (κ2) is 8.42. The van der Waals surface area contributed by atoms with Gasteiger partial charge in [-0.1, -0.05) is 60.7 Å². The molecule has 0 aliphatic carbocycles. The first-order valence-electron chi connectivity index (χ1n) is 8.39. The molecule has 4 N–H and O–H groups in total. The van der Waals surface area contributed by atoms with Gasteiger partial charge >= 0.3 is 0 Å². The van der Waals surface area contributed by atoms with Crippen LogP contribution in [0.5, 0.6) is 0 Å². The van der Waals surface area contributed by atoms with Crippen LogP contribution in [0.25, 0.3) is 0 Å². The molecule has 6 nitrogen and oxygen atoms in total. The van der Waals surface area contributed by atoms with Gasteiger partial charge in [0.05, 0.1) is 12.6 Å². The highest BCUT2D eigenvalue weighted by Crippen LogP contribution is 2.19. The van der Waals surface area contributed by atoms with Gasteiger partial charge < -0.3 is 20.6 Å². The van der Waals surface area contributed by atoms with Crippen molar-refractivity contribution in [1.29, 1.82) is 0 Å². The normalized spacial score (nSPS) is 13.2. The van der Waals surface area contributed by atoms with Crippen LogP contribution in [-0.4, -0.2) is 22.6 Å². The van der Waals surface area contributed by atoms with E-state index in [4.69, 9.17) is 15.3 Å². The predicted octanol–water partition coefficient (Wildman–Crippen LogP) is 2.38. The Morgan fingerprint density at radius 2 is 1.77 bits per heavy atom. The number of aromatic nitrogens is 1. The number of carbonyl (C=O) groups is 1. The van der Waals surface area contributed by atoms with Crippen molar-refractivity contribution >= 4 is 5.91 Å². The summed E-state index contributed by atoms with van der Waals surface area (Å²) < 4.78 is 5.19. The largest absolute Gasteiger partial charge is 0.446 e. The quantitative estimate of drug-likeness (QED) is 0.607. The van der Waals surface area contributed by atoms with Gasteiger partial charge in [0.2, 0.25) is 5.89 Å². The molecule has 0 saturated heterocycles. The van der Waals surface area contributed by atoms with Gasteiger partial charge in [0.1, 0.15) is 12.3 Å². The first kappa shape index (κ1) is 17.8. The van der Waals surface area contributed by atoms with Crippen LogP contribution in [0.3, 0.4) is 0 Å². The van der Waals surface area contributed by atoms with E-state index < -0.39 is 6.04 Å². The van der Waals surface area contributed by atoms with Crippen LogP contribution in [0.15, 0.2) is 71.3 Å². The number of amides is 1. The Kier molecular flexibility index (Phi) is 5.78. The topological polar surface area (TPSA) is 101 Å². The van der Waals surface area contributed by atoms with Gasteiger partial charge in [-0.3, -0.25) is 4.79 Å². The lowest BCUT2D eigenvalue weighted by atomic mass is 9.99. The van der Waals surface area contributed by atoms with Gasteiger partial charge in [0, 0.05) is 0 Å². The zero-order valence-corrected chi connectivity index (χ0v) is 14.2. The molecule has 26 heavy (non-hydrogen) atoms. The third-order valence-corrected chi connectivity index (χ3v) is 4.06. The molecular weight excluding hydrogens is 330 g/mol. The third kappa shape index (κ3) is 4.36. The lowest BCUT2D eigenvalue weighted by molar-refractivity contribution is 0.0931. The van der Waals surface area contributed by atoms with E-state index in [9.17, 15) is 4.79 Å². The zero-order valence-electron chi connectivity index (χ0n) is 14.2. The van der Waals surface area contributed by atoms with E-state index in [2.05, 4.69) is 10.3 Å². The molecule has 1 heterocycles. The van der Waals surface area contributed by atoms with Crippen molar-refractivity contribution in [3.8, 4) is 0 Å². The van der Waals surface area contributed by atoms with Crippen LogP contribution >= 0.6 is 0 Å². The fourth-order valence-corrected chi connectivity index (χ4v) is 2.66. The smallest absolute Gasteiger partial charge is 0.273 e. The molecule has 2 atom stereocenters. The molecule has 2 aromatic carbocycles. The molecule has 134 valence electrons. The number of hydrogen-bond acceptors (Lipinski definition) is 5. The molecule has 0 spiro atoms. The van der Waals surface area contributed by atoms with E-state index in [-0.39, 0.29) is 30.1 Å². The minimum absolute atomic E-state index is 0.136. The van der Waals surface area contributed by atoms with Crippen LogP contribution in [-0.2, 0) is 6.42 Å². The van der Waals surface area contributed by atoms with Crippen LogP contribution < -0.4 is 11.1 Å². The fourth-order valence-electron chi connectivity index (χ4n) is 2.66. The van der Waals surface area contributed by atoms with Crippen molar-refractivity contribution in [2.24, 2.45) is 5.73 Å². The second-order valence-corrected chi connectivity index (χ2v) is 5.99. The van der Waals surface area contributed by atoms with Crippen molar-refractivity contribution < 1.29 is 14.3 Å². The maximum absolute atomic E-state index is 12.6. The maximum Gasteiger partial charge on any atom is 0.273 e. The lowest BCUT2D eigenvalue weighted by Crippen LogP contribution is -2.30. The number of hydrogen-bond donors (Lipinski definition) is 3. The minimum atomic E-state index is -0.745. The van der Waals surface area contributed by atoms with E-state index in [1.807, 2.05) is 60.7 Å². The number of oxazole rings is 1. The molecule has 6 heteroatoms. The van der Waals surface area contributed by atoms with Crippen LogP contribution in [0, 0.1) is 0 Å². The van der Waals surface area contributed by atoms with Gasteiger partial charge in [-0.05, 0) is 17.5 Å². The number of nitrogens with zero attached hydrogens (tertiary/aromatic N) is 1. The van der Waals surface area contributed by atoms with Gasteiger partial charge in [-0.2, -0.15) is 0 Å². The van der Waals surface area contributed by atoms with Gasteiger partial charge in [0.25, 0.3) is 5.91 Å². The lowest BCUT2D eigenvalue weighted by Gasteiger charge is -2.19. The molecule has 0 bridgehead atoms. The number of rotatable bonds is 7. The zero-order chi connectivity index (χ0) is 18.4. The van der Waals surface area contributed by atoms with Gasteiger partial charge in [-0.25, -0.2) is 4.98 Å². The monoisotopic (exact) mass is 351 g/mol. The molecule has 1 amide bonds. The molecule has 0 aliphatic heterocycles. The number of aliphatic hydroxyl groups is 1. The van der Waals surface area contributed by atoms with Crippen LogP contribution in [0.4, 0.5) is 0 Å².